The van der Waals surface area contributed by atoms with Gasteiger partial charge in [0.1, 0.15) is 17.6 Å². The molecule has 3 rings (SSSR count). The lowest BCUT2D eigenvalue weighted by Gasteiger charge is -2.07. The number of nitrogens with two attached hydrogens (primary N) is 1. The first-order valence-corrected chi connectivity index (χ1v) is 8.28. The van der Waals surface area contributed by atoms with Crippen molar-refractivity contribution in [3.63, 3.8) is 0 Å². The molecule has 25 heavy (non-hydrogen) atoms. The molecule has 7 nitrogen and oxygen atoms in total. The Balaban J connectivity index is 2.21. The highest BCUT2D eigenvalue weighted by molar-refractivity contribution is 5.93. The summed E-state index contributed by atoms with van der Waals surface area (Å²) in [6, 6.07) is 9.68. The molecule has 130 valence electrons. The van der Waals surface area contributed by atoms with Crippen LogP contribution in [0.5, 0.6) is 0 Å². The van der Waals surface area contributed by atoms with Gasteiger partial charge in [-0.05, 0) is 12.0 Å². The molecule has 0 fully saturated rings. The second kappa shape index (κ2) is 7.31. The molecule has 0 atom stereocenters. The smallest absolute Gasteiger partial charge is 0.277 e. The number of amides is 1. The Labute approximate surface area is 145 Å². The highest BCUT2D eigenvalue weighted by atomic mass is 16.2. The van der Waals surface area contributed by atoms with Crippen LogP contribution >= 0.6 is 0 Å². The minimum atomic E-state index is -0.375. The largest absolute Gasteiger partial charge is 0.332 e. The molecule has 3 N–H and O–H groups in total. The molecule has 0 aliphatic rings. The SMILES string of the molecule is CCCCn1cnc2c(-c3ccccc3)cn(CC(=O)NN)c2c1=O. The number of benzene rings is 1. The first-order valence-electron chi connectivity index (χ1n) is 8.28. The summed E-state index contributed by atoms with van der Waals surface area (Å²) in [5.41, 5.74) is 4.73. The highest BCUT2D eigenvalue weighted by Crippen LogP contribution is 2.27. The molecule has 0 unspecified atom stereocenters. The Morgan fingerprint density at radius 3 is 2.68 bits per heavy atom. The van der Waals surface area contributed by atoms with Crippen LogP contribution in [-0.2, 0) is 17.9 Å². The van der Waals surface area contributed by atoms with Crippen molar-refractivity contribution in [1.82, 2.24) is 19.5 Å². The highest BCUT2D eigenvalue weighted by Gasteiger charge is 2.17. The van der Waals surface area contributed by atoms with E-state index in [1.165, 1.54) is 0 Å². The van der Waals surface area contributed by atoms with Crippen LogP contribution in [0.15, 0.2) is 47.7 Å². The predicted molar refractivity (Wildman–Crippen MR) is 96.7 cm³/mol. The molecular weight excluding hydrogens is 318 g/mol. The van der Waals surface area contributed by atoms with Crippen molar-refractivity contribution in [2.75, 3.05) is 0 Å². The van der Waals surface area contributed by atoms with Gasteiger partial charge in [0.25, 0.3) is 11.5 Å². The topological polar surface area (TPSA) is 94.9 Å². The fraction of sp³-hybridized carbons (Fsp3) is 0.278. The molecule has 7 heteroatoms. The summed E-state index contributed by atoms with van der Waals surface area (Å²) in [4.78, 5) is 29.2. The number of hydrazine groups is 1. The number of hydrogen-bond donors (Lipinski definition) is 2. The first kappa shape index (κ1) is 16.9. The fourth-order valence-corrected chi connectivity index (χ4v) is 2.86. The van der Waals surface area contributed by atoms with E-state index < -0.39 is 0 Å². The van der Waals surface area contributed by atoms with E-state index in [4.69, 9.17) is 5.84 Å². The number of unbranched alkanes of at least 4 members (excludes halogenated alkanes) is 1. The maximum atomic E-state index is 12.9. The van der Waals surface area contributed by atoms with Gasteiger partial charge >= 0.3 is 0 Å². The lowest BCUT2D eigenvalue weighted by atomic mass is 10.1. The van der Waals surface area contributed by atoms with Crippen LogP contribution in [-0.4, -0.2) is 20.0 Å². The van der Waals surface area contributed by atoms with Gasteiger partial charge in [-0.1, -0.05) is 43.7 Å². The number of carbonyl (C=O) groups is 1. The van der Waals surface area contributed by atoms with Gasteiger partial charge in [-0.2, -0.15) is 0 Å². The Hall–Kier alpha value is -2.93. The third-order valence-corrected chi connectivity index (χ3v) is 4.15. The molecule has 3 aromatic rings. The van der Waals surface area contributed by atoms with Crippen LogP contribution in [0.4, 0.5) is 0 Å². The maximum Gasteiger partial charge on any atom is 0.277 e. The first-order chi connectivity index (χ1) is 12.2. The standard InChI is InChI=1S/C18H21N5O2/c1-2-3-9-22-12-20-16-14(13-7-5-4-6-8-13)10-23(11-15(24)21-19)17(16)18(22)25/h4-8,10,12H,2-3,9,11,19H2,1H3,(H,21,24). The quantitative estimate of drug-likeness (QED) is 0.406. The number of aromatic nitrogens is 3. The van der Waals surface area contributed by atoms with E-state index in [-0.39, 0.29) is 18.0 Å². The number of nitrogens with one attached hydrogen (secondary N) is 1. The number of fused-ring (bicyclic) bond motifs is 1. The third-order valence-electron chi connectivity index (χ3n) is 4.15. The van der Waals surface area contributed by atoms with Crippen molar-refractivity contribution >= 4 is 16.9 Å². The molecule has 1 aromatic carbocycles. The molecule has 1 amide bonds. The zero-order valence-electron chi connectivity index (χ0n) is 14.1. The Morgan fingerprint density at radius 2 is 2.00 bits per heavy atom. The number of rotatable bonds is 6. The Kier molecular flexibility index (Phi) is 4.95. The van der Waals surface area contributed by atoms with Crippen LogP contribution < -0.4 is 16.8 Å². The van der Waals surface area contributed by atoms with Crippen LogP contribution in [0.2, 0.25) is 0 Å². The van der Waals surface area contributed by atoms with Gasteiger partial charge in [-0.15, -0.1) is 0 Å². The van der Waals surface area contributed by atoms with Crippen molar-refractivity contribution in [1.29, 1.82) is 0 Å². The van der Waals surface area contributed by atoms with Crippen LogP contribution in [0.3, 0.4) is 0 Å². The number of carbonyl (C=O) groups excluding carboxylic acids is 1. The van der Waals surface area contributed by atoms with Gasteiger partial charge in [0.15, 0.2) is 0 Å². The number of aryl methyl sites for hydroxylation is 1. The van der Waals surface area contributed by atoms with Crippen molar-refractivity contribution in [2.24, 2.45) is 5.84 Å². The van der Waals surface area contributed by atoms with Crippen LogP contribution in [0.1, 0.15) is 19.8 Å². The van der Waals surface area contributed by atoms with Crippen molar-refractivity contribution < 1.29 is 4.79 Å². The van der Waals surface area contributed by atoms with Crippen LogP contribution in [0.25, 0.3) is 22.2 Å². The minimum absolute atomic E-state index is 0.0332. The average molecular weight is 339 g/mol. The minimum Gasteiger partial charge on any atom is -0.332 e. The third kappa shape index (κ3) is 3.32. The molecule has 0 saturated heterocycles. The Morgan fingerprint density at radius 1 is 1.24 bits per heavy atom. The van der Waals surface area contributed by atoms with E-state index in [0.29, 0.717) is 17.6 Å². The van der Waals surface area contributed by atoms with Crippen molar-refractivity contribution in [2.45, 2.75) is 32.9 Å². The maximum absolute atomic E-state index is 12.9. The van der Waals surface area contributed by atoms with Gasteiger partial charge < -0.3 is 4.57 Å². The summed E-state index contributed by atoms with van der Waals surface area (Å²) < 4.78 is 3.22. The molecule has 0 radical (unpaired) electrons. The lowest BCUT2D eigenvalue weighted by molar-refractivity contribution is -0.121. The van der Waals surface area contributed by atoms with E-state index >= 15 is 0 Å². The molecule has 0 saturated carbocycles. The summed E-state index contributed by atoms with van der Waals surface area (Å²) in [6.45, 7) is 2.64. The lowest BCUT2D eigenvalue weighted by Crippen LogP contribution is -2.33. The summed E-state index contributed by atoms with van der Waals surface area (Å²) in [6.07, 6.45) is 5.24. The normalized spacial score (nSPS) is 11.0. The molecule has 2 aromatic heterocycles. The zero-order valence-corrected chi connectivity index (χ0v) is 14.1. The van der Waals surface area contributed by atoms with Gasteiger partial charge in [-0.25, -0.2) is 10.8 Å². The predicted octanol–water partition coefficient (Wildman–Crippen LogP) is 1.65. The van der Waals surface area contributed by atoms with Crippen molar-refractivity contribution in [3.8, 4) is 11.1 Å². The van der Waals surface area contributed by atoms with Gasteiger partial charge in [0, 0.05) is 18.3 Å². The number of hydrogen-bond acceptors (Lipinski definition) is 4. The second-order valence-corrected chi connectivity index (χ2v) is 5.90. The Bertz CT molecular complexity index is 943. The van der Waals surface area contributed by atoms with Crippen LogP contribution in [0, 0.1) is 0 Å². The van der Waals surface area contributed by atoms with E-state index in [2.05, 4.69) is 17.3 Å². The molecule has 0 spiro atoms. The summed E-state index contributed by atoms with van der Waals surface area (Å²) in [5.74, 6) is 4.83. The average Bonchev–Trinajstić information content (AvgIpc) is 3.01. The van der Waals surface area contributed by atoms with Gasteiger partial charge in [0.05, 0.1) is 6.33 Å². The molecule has 0 aliphatic heterocycles. The summed E-state index contributed by atoms with van der Waals surface area (Å²) >= 11 is 0. The van der Waals surface area contributed by atoms with E-state index in [1.807, 2.05) is 30.3 Å². The molecular formula is C18H21N5O2. The van der Waals surface area contributed by atoms with E-state index in [1.54, 1.807) is 21.7 Å². The fourth-order valence-electron chi connectivity index (χ4n) is 2.86. The monoisotopic (exact) mass is 339 g/mol. The number of nitrogens with zero attached hydrogens (tertiary/aromatic N) is 3. The summed E-state index contributed by atoms with van der Waals surface area (Å²) in [7, 11) is 0. The van der Waals surface area contributed by atoms with Crippen molar-refractivity contribution in [3.05, 3.63) is 53.2 Å². The molecule has 2 heterocycles. The van der Waals surface area contributed by atoms with E-state index in [0.717, 1.165) is 24.0 Å². The molecule has 0 bridgehead atoms. The zero-order chi connectivity index (χ0) is 17.8. The van der Waals surface area contributed by atoms with E-state index in [9.17, 15) is 9.59 Å². The molecule has 0 aliphatic carbocycles. The summed E-state index contributed by atoms with van der Waals surface area (Å²) in [5, 5.41) is 0. The van der Waals surface area contributed by atoms with Gasteiger partial charge in [0.2, 0.25) is 0 Å². The second-order valence-electron chi connectivity index (χ2n) is 5.90. The van der Waals surface area contributed by atoms with Gasteiger partial charge in [-0.3, -0.25) is 19.6 Å².